The van der Waals surface area contributed by atoms with Crippen LogP contribution in [0.1, 0.15) is 25.0 Å². The number of carboxylic acids is 1. The lowest BCUT2D eigenvalue weighted by Crippen LogP contribution is -2.19. The molecule has 2 atom stereocenters. The van der Waals surface area contributed by atoms with Crippen molar-refractivity contribution in [3.8, 4) is 6.07 Å². The predicted molar refractivity (Wildman–Crippen MR) is 59.1 cm³/mol. The lowest BCUT2D eigenvalue weighted by atomic mass is 10.1. The highest BCUT2D eigenvalue weighted by molar-refractivity contribution is 5.70. The largest absolute Gasteiger partial charge is 0.481 e. The second kappa shape index (κ2) is 4.78. The summed E-state index contributed by atoms with van der Waals surface area (Å²) in [6.45, 7) is 0. The van der Waals surface area contributed by atoms with Crippen LogP contribution >= 0.6 is 0 Å². The number of hydrogen-bond acceptors (Lipinski definition) is 5. The molecule has 2 unspecified atom stereocenters. The highest BCUT2D eigenvalue weighted by Crippen LogP contribution is 2.28. The van der Waals surface area contributed by atoms with Gasteiger partial charge in [-0.1, -0.05) is 0 Å². The zero-order valence-electron chi connectivity index (χ0n) is 9.13. The Morgan fingerprint density at radius 2 is 2.24 bits per heavy atom. The normalized spacial score (nSPS) is 23.0. The maximum Gasteiger partial charge on any atom is 0.306 e. The Bertz CT molecular complexity index is 469. The van der Waals surface area contributed by atoms with E-state index in [0.29, 0.717) is 18.7 Å². The van der Waals surface area contributed by atoms with Crippen molar-refractivity contribution in [1.82, 2.24) is 9.97 Å². The van der Waals surface area contributed by atoms with Gasteiger partial charge in [0.2, 0.25) is 0 Å². The van der Waals surface area contributed by atoms with E-state index in [2.05, 4.69) is 15.3 Å². The van der Waals surface area contributed by atoms with Gasteiger partial charge in [0.1, 0.15) is 6.07 Å². The minimum Gasteiger partial charge on any atom is -0.481 e. The van der Waals surface area contributed by atoms with Gasteiger partial charge in [0.15, 0.2) is 11.5 Å². The fourth-order valence-electron chi connectivity index (χ4n) is 2.06. The first-order chi connectivity index (χ1) is 8.20. The van der Waals surface area contributed by atoms with Crippen LogP contribution in [0.4, 0.5) is 5.82 Å². The maximum absolute atomic E-state index is 10.8. The van der Waals surface area contributed by atoms with Gasteiger partial charge < -0.3 is 10.4 Å². The van der Waals surface area contributed by atoms with Gasteiger partial charge in [0, 0.05) is 18.4 Å². The third-order valence-electron chi connectivity index (χ3n) is 2.93. The summed E-state index contributed by atoms with van der Waals surface area (Å²) >= 11 is 0. The van der Waals surface area contributed by atoms with Crippen molar-refractivity contribution in [2.45, 2.75) is 25.3 Å². The molecule has 88 valence electrons. The van der Waals surface area contributed by atoms with Gasteiger partial charge in [-0.05, 0) is 19.3 Å². The maximum atomic E-state index is 10.8. The molecule has 0 bridgehead atoms. The minimum absolute atomic E-state index is 0.0555. The first-order valence-electron chi connectivity index (χ1n) is 5.41. The Morgan fingerprint density at radius 1 is 1.47 bits per heavy atom. The lowest BCUT2D eigenvalue weighted by molar-refractivity contribution is -0.141. The highest BCUT2D eigenvalue weighted by Gasteiger charge is 2.30. The molecule has 2 rings (SSSR count). The van der Waals surface area contributed by atoms with Gasteiger partial charge in [-0.15, -0.1) is 0 Å². The molecule has 1 aromatic heterocycles. The van der Waals surface area contributed by atoms with Crippen molar-refractivity contribution < 1.29 is 9.90 Å². The number of nitrogens with zero attached hydrogens (tertiary/aromatic N) is 3. The smallest absolute Gasteiger partial charge is 0.306 e. The fourth-order valence-corrected chi connectivity index (χ4v) is 2.06. The summed E-state index contributed by atoms with van der Waals surface area (Å²) in [5.74, 6) is -0.616. The molecule has 6 nitrogen and oxygen atoms in total. The molecule has 0 spiro atoms. The van der Waals surface area contributed by atoms with E-state index in [9.17, 15) is 4.79 Å². The van der Waals surface area contributed by atoms with Crippen LogP contribution in [0.5, 0.6) is 0 Å². The fraction of sp³-hybridized carbons (Fsp3) is 0.455. The monoisotopic (exact) mass is 232 g/mol. The molecule has 1 aliphatic rings. The van der Waals surface area contributed by atoms with Crippen LogP contribution in [0.15, 0.2) is 12.4 Å². The van der Waals surface area contributed by atoms with Crippen LogP contribution in [-0.4, -0.2) is 27.1 Å². The molecule has 0 aromatic carbocycles. The van der Waals surface area contributed by atoms with Crippen LogP contribution in [0, 0.1) is 17.2 Å². The topological polar surface area (TPSA) is 98.9 Å². The van der Waals surface area contributed by atoms with Gasteiger partial charge in [-0.2, -0.15) is 5.26 Å². The number of rotatable bonds is 3. The summed E-state index contributed by atoms with van der Waals surface area (Å²) in [5.41, 5.74) is 0.242. The molecule has 1 heterocycles. The van der Waals surface area contributed by atoms with Gasteiger partial charge in [-0.25, -0.2) is 9.97 Å². The molecule has 1 aromatic rings. The van der Waals surface area contributed by atoms with E-state index in [4.69, 9.17) is 10.4 Å². The zero-order chi connectivity index (χ0) is 12.3. The Morgan fingerprint density at radius 3 is 2.88 bits per heavy atom. The van der Waals surface area contributed by atoms with Gasteiger partial charge in [0.05, 0.1) is 5.92 Å². The molecule has 1 aliphatic carbocycles. The highest BCUT2D eigenvalue weighted by atomic mass is 16.4. The quantitative estimate of drug-likeness (QED) is 0.807. The molecule has 1 saturated carbocycles. The molecular formula is C11H12N4O2. The Balaban J connectivity index is 2.03. The first-order valence-corrected chi connectivity index (χ1v) is 5.41. The molecule has 0 radical (unpaired) electrons. The van der Waals surface area contributed by atoms with Crippen LogP contribution in [0.3, 0.4) is 0 Å². The van der Waals surface area contributed by atoms with Crippen LogP contribution in [0.25, 0.3) is 0 Å². The van der Waals surface area contributed by atoms with Crippen molar-refractivity contribution >= 4 is 11.8 Å². The SMILES string of the molecule is N#Cc1nccnc1NC1CCC(C(=O)O)C1. The van der Waals surface area contributed by atoms with Crippen LogP contribution in [-0.2, 0) is 4.79 Å². The van der Waals surface area contributed by atoms with Gasteiger partial charge >= 0.3 is 5.97 Å². The average molecular weight is 232 g/mol. The Labute approximate surface area is 98.3 Å². The number of hydrogen-bond donors (Lipinski definition) is 2. The number of nitriles is 1. The molecule has 0 amide bonds. The average Bonchev–Trinajstić information content (AvgIpc) is 2.78. The van der Waals surface area contributed by atoms with Gasteiger partial charge in [0.25, 0.3) is 0 Å². The van der Waals surface area contributed by atoms with Crippen molar-refractivity contribution in [2.24, 2.45) is 5.92 Å². The lowest BCUT2D eigenvalue weighted by Gasteiger charge is -2.13. The second-order valence-electron chi connectivity index (χ2n) is 4.05. The number of aromatic nitrogens is 2. The summed E-state index contributed by atoms with van der Waals surface area (Å²) in [4.78, 5) is 18.7. The van der Waals surface area contributed by atoms with E-state index in [1.54, 1.807) is 0 Å². The molecule has 0 aliphatic heterocycles. The van der Waals surface area contributed by atoms with Crippen molar-refractivity contribution in [3.05, 3.63) is 18.1 Å². The molecule has 1 fully saturated rings. The number of nitrogens with one attached hydrogen (secondary N) is 1. The molecule has 0 saturated heterocycles. The number of carboxylic acid groups (broad SMARTS) is 1. The second-order valence-corrected chi connectivity index (χ2v) is 4.05. The standard InChI is InChI=1S/C11H12N4O2/c12-6-9-10(14-4-3-13-9)15-8-2-1-7(5-8)11(16)17/h3-4,7-8H,1-2,5H2,(H,14,15)(H,16,17). The zero-order valence-corrected chi connectivity index (χ0v) is 9.13. The Hall–Kier alpha value is -2.16. The summed E-state index contributed by atoms with van der Waals surface area (Å²) in [6.07, 6.45) is 4.97. The van der Waals surface area contributed by atoms with E-state index >= 15 is 0 Å². The third-order valence-corrected chi connectivity index (χ3v) is 2.93. The summed E-state index contributed by atoms with van der Waals surface area (Å²) in [5, 5.41) is 20.8. The van der Waals surface area contributed by atoms with Crippen LogP contribution in [0.2, 0.25) is 0 Å². The number of anilines is 1. The van der Waals surface area contributed by atoms with Crippen molar-refractivity contribution in [2.75, 3.05) is 5.32 Å². The van der Waals surface area contributed by atoms with E-state index in [1.807, 2.05) is 6.07 Å². The van der Waals surface area contributed by atoms with Crippen molar-refractivity contribution in [3.63, 3.8) is 0 Å². The predicted octanol–water partition coefficient (Wildman–Crippen LogP) is 1.01. The van der Waals surface area contributed by atoms with Crippen LogP contribution < -0.4 is 5.32 Å². The third kappa shape index (κ3) is 2.50. The number of aliphatic carboxylic acids is 1. The van der Waals surface area contributed by atoms with E-state index < -0.39 is 5.97 Å². The summed E-state index contributed by atoms with van der Waals surface area (Å²) in [7, 11) is 0. The minimum atomic E-state index is -0.756. The first kappa shape index (κ1) is 11.3. The summed E-state index contributed by atoms with van der Waals surface area (Å²) in [6, 6.07) is 2.01. The van der Waals surface area contributed by atoms with E-state index in [-0.39, 0.29) is 17.7 Å². The molecule has 6 heteroatoms. The Kier molecular flexibility index (Phi) is 3.19. The summed E-state index contributed by atoms with van der Waals surface area (Å²) < 4.78 is 0. The molecule has 2 N–H and O–H groups in total. The van der Waals surface area contributed by atoms with Crippen molar-refractivity contribution in [1.29, 1.82) is 5.26 Å². The van der Waals surface area contributed by atoms with E-state index in [1.165, 1.54) is 12.4 Å². The van der Waals surface area contributed by atoms with Gasteiger partial charge in [-0.3, -0.25) is 4.79 Å². The number of carbonyl (C=O) groups is 1. The molecular weight excluding hydrogens is 220 g/mol. The van der Waals surface area contributed by atoms with E-state index in [0.717, 1.165) is 6.42 Å². The molecule has 17 heavy (non-hydrogen) atoms.